The summed E-state index contributed by atoms with van der Waals surface area (Å²) in [5.74, 6) is 0.166. The number of aryl methyl sites for hydroxylation is 1. The molecule has 3 aromatic rings. The Bertz CT molecular complexity index is 1860. The highest BCUT2D eigenvalue weighted by atomic mass is 16.5. The zero-order valence-corrected chi connectivity index (χ0v) is 32.7. The molecule has 2 aromatic carbocycles. The topological polar surface area (TPSA) is 186 Å². The Labute approximate surface area is 327 Å². The molecule has 0 saturated heterocycles. The Morgan fingerprint density at radius 3 is 2.41 bits per heavy atom. The lowest BCUT2D eigenvalue weighted by Crippen LogP contribution is -2.58. The van der Waals surface area contributed by atoms with Gasteiger partial charge in [0, 0.05) is 32.4 Å². The molecule has 0 spiro atoms. The average molecular weight is 771 g/mol. The number of aromatic nitrogens is 3. The summed E-state index contributed by atoms with van der Waals surface area (Å²) in [5, 5.41) is 20.0. The number of ether oxygens (including phenoxy) is 2. The predicted molar refractivity (Wildman–Crippen MR) is 207 cm³/mol. The van der Waals surface area contributed by atoms with E-state index in [-0.39, 0.29) is 55.6 Å². The fraction of sp³-hybridized carbons (Fsp3) is 0.537. The third-order valence-corrected chi connectivity index (χ3v) is 10.4. The number of amides is 5. The van der Waals surface area contributed by atoms with Crippen LogP contribution in [-0.4, -0.2) is 100 Å². The first-order valence-corrected chi connectivity index (χ1v) is 19.7. The van der Waals surface area contributed by atoms with Gasteiger partial charge in [0.1, 0.15) is 42.1 Å². The lowest BCUT2D eigenvalue weighted by atomic mass is 10.0. The van der Waals surface area contributed by atoms with Gasteiger partial charge in [0.15, 0.2) is 0 Å². The van der Waals surface area contributed by atoms with Gasteiger partial charge in [-0.2, -0.15) is 0 Å². The van der Waals surface area contributed by atoms with Crippen molar-refractivity contribution in [2.45, 2.75) is 103 Å². The standard InChI is InChI=1S/C41H54N8O7/c1-25(2)19-30-24-56-32-16-12-28(13-17-32)21-34(45-40(53)37-47-46-35-7-5-6-18-49(35)37)39(52)44-33(20-27-10-14-31(55-4)15-11-27)38(51)42-26(3)41(54)48(22-29-8-9-29)23-36(50)43-30/h10-17,25-26,29-30,33-34H,5-9,18-24H2,1-4H3,(H,42,51)(H,43,50)(H,44,52)(H,45,53)/t26-,30+,33+,34+/m1/s1. The minimum Gasteiger partial charge on any atom is -0.497 e. The molecule has 4 N–H and O–H groups in total. The lowest BCUT2D eigenvalue weighted by Gasteiger charge is -2.29. The zero-order chi connectivity index (χ0) is 39.8. The smallest absolute Gasteiger partial charge is 0.289 e. The van der Waals surface area contributed by atoms with Crippen molar-refractivity contribution in [1.29, 1.82) is 0 Å². The maximum atomic E-state index is 14.3. The minimum atomic E-state index is -1.13. The molecule has 300 valence electrons. The summed E-state index contributed by atoms with van der Waals surface area (Å²) in [6, 6.07) is 10.8. The Kier molecular flexibility index (Phi) is 13.2. The number of carbonyl (C=O) groups excluding carboxylic acids is 5. The average Bonchev–Trinajstić information content (AvgIpc) is 3.90. The van der Waals surface area contributed by atoms with Crippen molar-refractivity contribution in [3.63, 3.8) is 0 Å². The minimum absolute atomic E-state index is 0.0816. The Hall–Kier alpha value is -5.47. The molecule has 7 rings (SSSR count). The molecule has 4 aliphatic rings. The van der Waals surface area contributed by atoms with E-state index in [4.69, 9.17) is 9.47 Å². The van der Waals surface area contributed by atoms with E-state index in [1.54, 1.807) is 55.0 Å². The third kappa shape index (κ3) is 10.8. The number of methoxy groups -OCH3 is 1. The van der Waals surface area contributed by atoms with Gasteiger partial charge in [0.25, 0.3) is 5.91 Å². The van der Waals surface area contributed by atoms with Crippen molar-refractivity contribution in [3.05, 3.63) is 71.3 Å². The van der Waals surface area contributed by atoms with Crippen LogP contribution in [-0.2, 0) is 45.0 Å². The number of hydrogen-bond donors (Lipinski definition) is 4. The highest BCUT2D eigenvalue weighted by Crippen LogP contribution is 2.30. The van der Waals surface area contributed by atoms with E-state index in [0.29, 0.717) is 37.4 Å². The Balaban J connectivity index is 1.31. The molecule has 0 radical (unpaired) electrons. The summed E-state index contributed by atoms with van der Waals surface area (Å²) < 4.78 is 13.2. The maximum absolute atomic E-state index is 14.3. The Morgan fingerprint density at radius 2 is 1.71 bits per heavy atom. The second kappa shape index (κ2) is 18.4. The van der Waals surface area contributed by atoms with Crippen molar-refractivity contribution < 1.29 is 33.4 Å². The van der Waals surface area contributed by atoms with Gasteiger partial charge < -0.3 is 40.2 Å². The first kappa shape index (κ1) is 40.2. The largest absolute Gasteiger partial charge is 0.497 e. The third-order valence-electron chi connectivity index (χ3n) is 10.4. The van der Waals surface area contributed by atoms with Crippen molar-refractivity contribution in [1.82, 2.24) is 40.9 Å². The molecule has 4 heterocycles. The van der Waals surface area contributed by atoms with E-state index in [1.807, 2.05) is 12.1 Å². The molecule has 5 amide bonds. The van der Waals surface area contributed by atoms with E-state index in [0.717, 1.165) is 42.6 Å². The highest BCUT2D eigenvalue weighted by molar-refractivity contribution is 5.97. The molecule has 15 heteroatoms. The summed E-state index contributed by atoms with van der Waals surface area (Å²) >= 11 is 0. The first-order chi connectivity index (χ1) is 26.9. The molecular formula is C41H54N8O7. The molecular weight excluding hydrogens is 716 g/mol. The summed E-state index contributed by atoms with van der Waals surface area (Å²) in [4.78, 5) is 71.1. The fourth-order valence-corrected chi connectivity index (χ4v) is 7.22. The number of benzene rings is 2. The number of nitrogens with one attached hydrogen (secondary N) is 4. The number of hydrogen-bond acceptors (Lipinski definition) is 9. The number of rotatable bonds is 9. The maximum Gasteiger partial charge on any atom is 0.289 e. The van der Waals surface area contributed by atoms with Gasteiger partial charge in [0.2, 0.25) is 29.5 Å². The molecule has 0 unspecified atom stereocenters. The molecule has 1 saturated carbocycles. The summed E-state index contributed by atoms with van der Waals surface area (Å²) in [5.41, 5.74) is 1.46. The molecule has 3 aliphatic heterocycles. The highest BCUT2D eigenvalue weighted by Gasteiger charge is 2.34. The lowest BCUT2D eigenvalue weighted by molar-refractivity contribution is -0.140. The van der Waals surface area contributed by atoms with Crippen LogP contribution in [0.25, 0.3) is 0 Å². The van der Waals surface area contributed by atoms with Crippen LogP contribution in [0.5, 0.6) is 11.5 Å². The molecule has 4 atom stereocenters. The van der Waals surface area contributed by atoms with Crippen LogP contribution in [0.4, 0.5) is 0 Å². The van der Waals surface area contributed by atoms with Crippen LogP contribution in [0.15, 0.2) is 48.5 Å². The fourth-order valence-electron chi connectivity index (χ4n) is 7.22. The zero-order valence-electron chi connectivity index (χ0n) is 32.7. The second-order valence-corrected chi connectivity index (χ2v) is 15.6. The van der Waals surface area contributed by atoms with Gasteiger partial charge in [-0.1, -0.05) is 38.1 Å². The van der Waals surface area contributed by atoms with Crippen LogP contribution < -0.4 is 30.7 Å². The summed E-state index contributed by atoms with van der Waals surface area (Å²) in [6.45, 7) is 6.76. The molecule has 1 fully saturated rings. The van der Waals surface area contributed by atoms with E-state index < -0.39 is 41.8 Å². The van der Waals surface area contributed by atoms with Gasteiger partial charge in [-0.25, -0.2) is 0 Å². The molecule has 15 nitrogen and oxygen atoms in total. The van der Waals surface area contributed by atoms with Crippen molar-refractivity contribution in [3.8, 4) is 11.5 Å². The van der Waals surface area contributed by atoms with Crippen LogP contribution >= 0.6 is 0 Å². The normalized spacial score (nSPS) is 22.7. The summed E-state index contributed by atoms with van der Waals surface area (Å²) in [6.07, 6.45) is 5.31. The predicted octanol–water partition coefficient (Wildman–Crippen LogP) is 2.36. The molecule has 1 aromatic heterocycles. The SMILES string of the molecule is COc1ccc(C[C@@H]2NC(=O)[C@@H](NC(=O)c3nnc4n3CCCC4)Cc3ccc(cc3)OC[C@H](CC(C)C)NC(=O)CN(CC3CC3)C(=O)[C@@H](C)NC2=O)cc1. The van der Waals surface area contributed by atoms with Crippen molar-refractivity contribution >= 4 is 29.5 Å². The van der Waals surface area contributed by atoms with E-state index in [9.17, 15) is 24.0 Å². The van der Waals surface area contributed by atoms with Crippen LogP contribution in [0.3, 0.4) is 0 Å². The van der Waals surface area contributed by atoms with Gasteiger partial charge in [0.05, 0.1) is 19.7 Å². The molecule has 2 bridgehead atoms. The van der Waals surface area contributed by atoms with Crippen molar-refractivity contribution in [2.24, 2.45) is 11.8 Å². The quantitative estimate of drug-likeness (QED) is 0.237. The number of carbonyl (C=O) groups is 5. The van der Waals surface area contributed by atoms with Crippen molar-refractivity contribution in [2.75, 3.05) is 26.8 Å². The van der Waals surface area contributed by atoms with Gasteiger partial charge in [-0.3, -0.25) is 24.0 Å². The number of fused-ring (bicyclic) bond motifs is 18. The molecule has 56 heavy (non-hydrogen) atoms. The van der Waals surface area contributed by atoms with Gasteiger partial charge in [-0.15, -0.1) is 10.2 Å². The second-order valence-electron chi connectivity index (χ2n) is 15.6. The number of nitrogens with zero attached hydrogens (tertiary/aromatic N) is 4. The van der Waals surface area contributed by atoms with Crippen LogP contribution in [0.1, 0.15) is 80.4 Å². The van der Waals surface area contributed by atoms with E-state index in [1.165, 1.54) is 4.90 Å². The first-order valence-electron chi connectivity index (χ1n) is 19.7. The van der Waals surface area contributed by atoms with Gasteiger partial charge in [-0.05, 0) is 86.3 Å². The van der Waals surface area contributed by atoms with E-state index >= 15 is 0 Å². The van der Waals surface area contributed by atoms with E-state index in [2.05, 4.69) is 45.3 Å². The van der Waals surface area contributed by atoms with Crippen LogP contribution in [0.2, 0.25) is 0 Å². The van der Waals surface area contributed by atoms with Gasteiger partial charge >= 0.3 is 0 Å². The monoisotopic (exact) mass is 770 g/mol. The molecule has 1 aliphatic carbocycles. The summed E-state index contributed by atoms with van der Waals surface area (Å²) in [7, 11) is 1.56. The van der Waals surface area contributed by atoms with Crippen LogP contribution in [0, 0.1) is 11.8 Å². The Morgan fingerprint density at radius 1 is 0.964 bits per heavy atom.